The molecule has 1 fully saturated rings. The number of nitrogens with one attached hydrogen (secondary N) is 2. The molecule has 35 heavy (non-hydrogen) atoms. The summed E-state index contributed by atoms with van der Waals surface area (Å²) in [7, 11) is 1.29. The molecule has 2 aliphatic heterocycles. The monoisotopic (exact) mass is 506 g/mol. The van der Waals surface area contributed by atoms with E-state index >= 15 is 0 Å². The minimum Gasteiger partial charge on any atom is -0.467 e. The third kappa shape index (κ3) is 6.25. The summed E-state index contributed by atoms with van der Waals surface area (Å²) >= 11 is 6.13. The fourth-order valence-corrected chi connectivity index (χ4v) is 4.58. The van der Waals surface area contributed by atoms with Gasteiger partial charge in [-0.1, -0.05) is 49.7 Å². The van der Waals surface area contributed by atoms with Crippen molar-refractivity contribution in [3.63, 3.8) is 0 Å². The van der Waals surface area contributed by atoms with Gasteiger partial charge in [-0.15, -0.1) is 0 Å². The number of ether oxygens (including phenoxy) is 1. The lowest BCUT2D eigenvalue weighted by Crippen LogP contribution is -2.60. The average Bonchev–Trinajstić information content (AvgIpc) is 3.33. The second kappa shape index (κ2) is 9.68. The summed E-state index contributed by atoms with van der Waals surface area (Å²) in [5.74, 6) is -0.921. The van der Waals surface area contributed by atoms with Gasteiger partial charge in [0.15, 0.2) is 5.60 Å². The highest BCUT2D eigenvalue weighted by Gasteiger charge is 2.55. The number of halogens is 1. The first-order valence-corrected chi connectivity index (χ1v) is 12.0. The number of urea groups is 1. The van der Waals surface area contributed by atoms with Crippen LogP contribution in [0.4, 0.5) is 4.79 Å². The topological polar surface area (TPSA) is 109 Å². The Bertz CT molecular complexity index is 1030. The van der Waals surface area contributed by atoms with Crippen molar-refractivity contribution in [2.24, 2.45) is 10.6 Å². The number of carbonyl (C=O) groups excluding carboxylic acids is 3. The van der Waals surface area contributed by atoms with Crippen LogP contribution in [0.15, 0.2) is 29.4 Å². The highest BCUT2D eigenvalue weighted by Crippen LogP contribution is 2.40. The molecule has 0 unspecified atom stereocenters. The zero-order valence-electron chi connectivity index (χ0n) is 21.4. The van der Waals surface area contributed by atoms with Crippen LogP contribution in [-0.2, 0) is 19.2 Å². The first-order chi connectivity index (χ1) is 16.1. The van der Waals surface area contributed by atoms with Crippen molar-refractivity contribution in [1.29, 1.82) is 0 Å². The predicted octanol–water partition coefficient (Wildman–Crippen LogP) is 3.49. The molecule has 0 saturated carbocycles. The molecule has 1 spiro atoms. The molecule has 3 amide bonds. The molecule has 0 radical (unpaired) electrons. The lowest BCUT2D eigenvalue weighted by molar-refractivity contribution is -0.152. The second-order valence-corrected chi connectivity index (χ2v) is 11.8. The summed E-state index contributed by atoms with van der Waals surface area (Å²) in [5.41, 5.74) is -0.459. The Balaban J connectivity index is 1.85. The first-order valence-electron chi connectivity index (χ1n) is 11.6. The molecule has 192 valence electrons. The van der Waals surface area contributed by atoms with E-state index in [0.717, 1.165) is 5.56 Å². The number of likely N-dealkylation sites (tertiary alicyclic amines) is 1. The minimum absolute atomic E-state index is 0.133. The van der Waals surface area contributed by atoms with Crippen LogP contribution in [0.2, 0.25) is 5.02 Å². The smallest absolute Gasteiger partial charge is 0.328 e. The normalized spacial score (nSPS) is 22.9. The van der Waals surface area contributed by atoms with Crippen LogP contribution in [-0.4, -0.2) is 65.4 Å². The van der Waals surface area contributed by atoms with E-state index in [9.17, 15) is 14.4 Å². The maximum absolute atomic E-state index is 13.8. The Hall–Kier alpha value is -2.81. The maximum atomic E-state index is 13.8. The quantitative estimate of drug-likeness (QED) is 0.607. The molecule has 2 N–H and O–H groups in total. The van der Waals surface area contributed by atoms with Crippen molar-refractivity contribution in [2.75, 3.05) is 13.7 Å². The van der Waals surface area contributed by atoms with Gasteiger partial charge in [0.1, 0.15) is 12.1 Å². The van der Waals surface area contributed by atoms with Gasteiger partial charge < -0.3 is 25.1 Å². The lowest BCUT2D eigenvalue weighted by atomic mass is 9.85. The number of esters is 1. The van der Waals surface area contributed by atoms with Crippen molar-refractivity contribution in [1.82, 2.24) is 15.5 Å². The van der Waals surface area contributed by atoms with Crippen LogP contribution in [0.3, 0.4) is 0 Å². The number of benzene rings is 1. The van der Waals surface area contributed by atoms with Crippen molar-refractivity contribution in [3.8, 4) is 0 Å². The Kier molecular flexibility index (Phi) is 7.41. The first kappa shape index (κ1) is 26.8. The van der Waals surface area contributed by atoms with Gasteiger partial charge in [-0.3, -0.25) is 4.79 Å². The number of oxime groups is 1. The highest BCUT2D eigenvalue weighted by atomic mass is 35.5. The molecule has 10 heteroatoms. The Morgan fingerprint density at radius 1 is 1.23 bits per heavy atom. The molecule has 2 aliphatic rings. The van der Waals surface area contributed by atoms with Crippen LogP contribution < -0.4 is 10.6 Å². The van der Waals surface area contributed by atoms with Gasteiger partial charge in [-0.25, -0.2) is 9.59 Å². The number of methoxy groups -OCH3 is 1. The maximum Gasteiger partial charge on any atom is 0.328 e. The molecule has 0 aromatic heterocycles. The number of rotatable bonds is 4. The summed E-state index contributed by atoms with van der Waals surface area (Å²) in [6.07, 6.45) is 0.632. The van der Waals surface area contributed by atoms with E-state index in [1.165, 1.54) is 12.0 Å². The number of hydrogen-bond acceptors (Lipinski definition) is 6. The molecule has 0 aliphatic carbocycles. The minimum atomic E-state index is -0.887. The third-order valence-electron chi connectivity index (χ3n) is 6.03. The van der Waals surface area contributed by atoms with Gasteiger partial charge in [0.05, 0.1) is 19.4 Å². The highest BCUT2D eigenvalue weighted by molar-refractivity contribution is 6.31. The van der Waals surface area contributed by atoms with Crippen molar-refractivity contribution < 1.29 is 24.0 Å². The van der Waals surface area contributed by atoms with Gasteiger partial charge in [0.2, 0.25) is 5.91 Å². The molecular weight excluding hydrogens is 472 g/mol. The molecular formula is C25H35ClN4O5. The molecule has 2 heterocycles. The fourth-order valence-electron chi connectivity index (χ4n) is 4.39. The van der Waals surface area contributed by atoms with E-state index in [1.807, 2.05) is 53.7 Å². The number of nitrogens with zero attached hydrogens (tertiary/aromatic N) is 2. The summed E-state index contributed by atoms with van der Waals surface area (Å²) in [4.78, 5) is 46.5. The van der Waals surface area contributed by atoms with E-state index < -0.39 is 40.6 Å². The van der Waals surface area contributed by atoms with Crippen molar-refractivity contribution in [3.05, 3.63) is 34.9 Å². The van der Waals surface area contributed by atoms with Crippen LogP contribution >= 0.6 is 11.6 Å². The van der Waals surface area contributed by atoms with Crippen molar-refractivity contribution in [2.45, 2.75) is 77.6 Å². The Labute approximate surface area is 211 Å². The molecule has 9 nitrogen and oxygen atoms in total. The van der Waals surface area contributed by atoms with E-state index in [-0.39, 0.29) is 18.9 Å². The van der Waals surface area contributed by atoms with Crippen LogP contribution in [0.25, 0.3) is 0 Å². The number of hydrogen-bond donors (Lipinski definition) is 2. The van der Waals surface area contributed by atoms with Gasteiger partial charge >= 0.3 is 12.0 Å². The van der Waals surface area contributed by atoms with Gasteiger partial charge in [-0.2, -0.15) is 0 Å². The Morgan fingerprint density at radius 2 is 1.91 bits per heavy atom. The summed E-state index contributed by atoms with van der Waals surface area (Å²) in [6.45, 7) is 11.3. The third-order valence-corrected chi connectivity index (χ3v) is 6.27. The molecule has 1 aromatic carbocycles. The second-order valence-electron chi connectivity index (χ2n) is 11.4. The van der Waals surface area contributed by atoms with Gasteiger partial charge in [0, 0.05) is 29.0 Å². The van der Waals surface area contributed by atoms with E-state index in [0.29, 0.717) is 17.2 Å². The molecule has 1 saturated heterocycles. The summed E-state index contributed by atoms with van der Waals surface area (Å²) < 4.78 is 5.01. The molecule has 0 bridgehead atoms. The summed E-state index contributed by atoms with van der Waals surface area (Å²) in [6, 6.07) is 5.08. The standard InChI is InChI=1S/C25H35ClN4O5/c1-23(2,3)19(27-22(33)28-24(4,5)6)20(31)30-14-25(13-18(30)21(32)34-7)12-17(29-35-25)15-9-8-10-16(26)11-15/h8-11,18-19H,12-14H2,1-7H3,(H2,27,28,33)/t18-,19+,25+/m0/s1. The fraction of sp³-hybridized carbons (Fsp3) is 0.600. The van der Waals surface area contributed by atoms with Crippen LogP contribution in [0.1, 0.15) is 59.9 Å². The number of carbonyl (C=O) groups is 3. The van der Waals surface area contributed by atoms with Crippen molar-refractivity contribution >= 4 is 35.2 Å². The Morgan fingerprint density at radius 3 is 2.49 bits per heavy atom. The van der Waals surface area contributed by atoms with E-state index in [1.54, 1.807) is 12.1 Å². The molecule has 1 aromatic rings. The SMILES string of the molecule is COC(=O)[C@@H]1C[C@]2(CC(c3cccc(Cl)c3)=NO2)CN1C(=O)[C@@H](NC(=O)NC(C)(C)C)C(C)(C)C. The largest absolute Gasteiger partial charge is 0.467 e. The zero-order valence-corrected chi connectivity index (χ0v) is 22.2. The van der Waals surface area contributed by atoms with E-state index in [4.69, 9.17) is 21.2 Å². The predicted molar refractivity (Wildman–Crippen MR) is 133 cm³/mol. The molecule has 3 rings (SSSR count). The summed E-state index contributed by atoms with van der Waals surface area (Å²) in [5, 5.41) is 10.5. The van der Waals surface area contributed by atoms with Gasteiger partial charge in [-0.05, 0) is 38.3 Å². The van der Waals surface area contributed by atoms with Gasteiger partial charge in [0.25, 0.3) is 0 Å². The van der Waals surface area contributed by atoms with Crippen LogP contribution in [0.5, 0.6) is 0 Å². The lowest BCUT2D eigenvalue weighted by Gasteiger charge is -2.36. The number of amides is 3. The van der Waals surface area contributed by atoms with Crippen LogP contribution in [0, 0.1) is 5.41 Å². The zero-order chi connectivity index (χ0) is 26.2. The molecule has 3 atom stereocenters. The average molecular weight is 507 g/mol. The van der Waals surface area contributed by atoms with E-state index in [2.05, 4.69) is 15.8 Å².